The molecule has 3 saturated heterocycles. The van der Waals surface area contributed by atoms with Gasteiger partial charge in [0, 0.05) is 31.9 Å². The van der Waals surface area contributed by atoms with Gasteiger partial charge < -0.3 is 15.5 Å². The van der Waals surface area contributed by atoms with Crippen molar-refractivity contribution in [2.45, 2.75) is 32.7 Å². The Kier molecular flexibility index (Phi) is 4.55. The number of rotatable bonds is 4. The van der Waals surface area contributed by atoms with Gasteiger partial charge in [0.15, 0.2) is 0 Å². The zero-order chi connectivity index (χ0) is 17.3. The Morgan fingerprint density at radius 2 is 2.17 bits per heavy atom. The lowest BCUT2D eigenvalue weighted by Crippen LogP contribution is -2.47. The number of piperidine rings is 1. The molecule has 3 aliphatic heterocycles. The summed E-state index contributed by atoms with van der Waals surface area (Å²) < 4.78 is 0. The van der Waals surface area contributed by atoms with E-state index in [0.29, 0.717) is 31.0 Å². The van der Waals surface area contributed by atoms with E-state index in [4.69, 9.17) is 5.73 Å². The number of pyridine rings is 1. The van der Waals surface area contributed by atoms with Crippen molar-refractivity contribution in [3.63, 3.8) is 0 Å². The van der Waals surface area contributed by atoms with Crippen molar-refractivity contribution in [1.82, 2.24) is 9.88 Å². The highest BCUT2D eigenvalue weighted by molar-refractivity contribution is 5.97. The second-order valence-electron chi connectivity index (χ2n) is 6.84. The molecule has 6 heteroatoms. The van der Waals surface area contributed by atoms with Crippen molar-refractivity contribution in [3.05, 3.63) is 35.5 Å². The van der Waals surface area contributed by atoms with Gasteiger partial charge in [0.05, 0.1) is 11.5 Å². The molecule has 0 saturated carbocycles. The molecule has 1 aromatic heterocycles. The van der Waals surface area contributed by atoms with Gasteiger partial charge in [0.25, 0.3) is 5.91 Å². The van der Waals surface area contributed by atoms with Crippen LogP contribution in [0.3, 0.4) is 0 Å². The zero-order valence-electron chi connectivity index (χ0n) is 14.2. The molecule has 2 N–H and O–H groups in total. The van der Waals surface area contributed by atoms with Crippen LogP contribution in [0.4, 0.5) is 5.82 Å². The predicted molar refractivity (Wildman–Crippen MR) is 92.6 cm³/mol. The first-order chi connectivity index (χ1) is 11.5. The maximum Gasteiger partial charge on any atom is 0.252 e. The lowest BCUT2D eigenvalue weighted by molar-refractivity contribution is -0.139. The molecular weight excluding hydrogens is 304 g/mol. The smallest absolute Gasteiger partial charge is 0.252 e. The van der Waals surface area contributed by atoms with E-state index in [9.17, 15) is 9.59 Å². The van der Waals surface area contributed by atoms with Crippen molar-refractivity contribution in [1.29, 1.82) is 0 Å². The second-order valence-corrected chi connectivity index (χ2v) is 6.84. The molecule has 0 radical (unpaired) electrons. The van der Waals surface area contributed by atoms with Gasteiger partial charge in [0.1, 0.15) is 5.82 Å². The van der Waals surface area contributed by atoms with Crippen LogP contribution in [0.5, 0.6) is 0 Å². The summed E-state index contributed by atoms with van der Waals surface area (Å²) in [4.78, 5) is 32.9. The Morgan fingerprint density at radius 1 is 1.38 bits per heavy atom. The van der Waals surface area contributed by atoms with Gasteiger partial charge in [-0.1, -0.05) is 11.6 Å². The highest BCUT2D eigenvalue weighted by Gasteiger charge is 2.41. The fraction of sp³-hybridized carbons (Fsp3) is 0.500. The SMILES string of the molecule is CC(C)=CCN1C(=O)[C@@H]2CC[C@H]1CN(c1ncccc1C(N)=O)C2. The Morgan fingerprint density at radius 3 is 2.88 bits per heavy atom. The number of fused-ring (bicyclic) bond motifs is 4. The van der Waals surface area contributed by atoms with E-state index in [-0.39, 0.29) is 17.9 Å². The molecule has 2 atom stereocenters. The van der Waals surface area contributed by atoms with E-state index >= 15 is 0 Å². The molecule has 1 aromatic rings. The summed E-state index contributed by atoms with van der Waals surface area (Å²) >= 11 is 0. The summed E-state index contributed by atoms with van der Waals surface area (Å²) in [5.74, 6) is 0.279. The summed E-state index contributed by atoms with van der Waals surface area (Å²) in [6.07, 6.45) is 5.64. The lowest BCUT2D eigenvalue weighted by Gasteiger charge is -2.35. The lowest BCUT2D eigenvalue weighted by atomic mass is 9.94. The molecule has 24 heavy (non-hydrogen) atoms. The van der Waals surface area contributed by atoms with Crippen molar-refractivity contribution >= 4 is 17.6 Å². The van der Waals surface area contributed by atoms with Gasteiger partial charge in [-0.3, -0.25) is 9.59 Å². The van der Waals surface area contributed by atoms with Crippen LogP contribution >= 0.6 is 0 Å². The number of hydrogen-bond donors (Lipinski definition) is 1. The fourth-order valence-corrected chi connectivity index (χ4v) is 3.58. The molecule has 128 valence electrons. The van der Waals surface area contributed by atoms with Crippen LogP contribution < -0.4 is 10.6 Å². The second kappa shape index (κ2) is 6.63. The fourth-order valence-electron chi connectivity index (χ4n) is 3.58. The normalized spacial score (nSPS) is 23.2. The number of nitrogens with two attached hydrogens (primary N) is 1. The minimum Gasteiger partial charge on any atom is -0.365 e. The van der Waals surface area contributed by atoms with Crippen LogP contribution in [-0.4, -0.2) is 47.4 Å². The van der Waals surface area contributed by atoms with Crippen LogP contribution in [-0.2, 0) is 4.79 Å². The standard InChI is InChI=1S/C18H24N4O2/c1-12(2)7-9-22-14-6-5-13(18(22)24)10-21(11-14)17-15(16(19)23)4-3-8-20-17/h3-4,7-8,13-14H,5-6,9-11H2,1-2H3,(H2,19,23)/t13-,14+/m1/s1. The summed E-state index contributed by atoms with van der Waals surface area (Å²) in [5, 5.41) is 0. The first-order valence-corrected chi connectivity index (χ1v) is 8.41. The van der Waals surface area contributed by atoms with Gasteiger partial charge >= 0.3 is 0 Å². The number of primary amides is 1. The van der Waals surface area contributed by atoms with Crippen molar-refractivity contribution in [2.24, 2.45) is 11.7 Å². The van der Waals surface area contributed by atoms with E-state index in [2.05, 4.69) is 16.0 Å². The largest absolute Gasteiger partial charge is 0.365 e. The van der Waals surface area contributed by atoms with E-state index in [0.717, 1.165) is 12.8 Å². The molecule has 4 rings (SSSR count). The monoisotopic (exact) mass is 328 g/mol. The highest BCUT2D eigenvalue weighted by Crippen LogP contribution is 2.32. The molecular formula is C18H24N4O2. The van der Waals surface area contributed by atoms with Crippen LogP contribution in [0.1, 0.15) is 37.0 Å². The Bertz CT molecular complexity index is 681. The van der Waals surface area contributed by atoms with E-state index in [1.807, 2.05) is 18.7 Å². The predicted octanol–water partition coefficient (Wildman–Crippen LogP) is 1.57. The molecule has 0 unspecified atom stereocenters. The maximum absolute atomic E-state index is 12.8. The maximum atomic E-state index is 12.8. The van der Waals surface area contributed by atoms with Gasteiger partial charge in [-0.2, -0.15) is 0 Å². The third kappa shape index (κ3) is 3.13. The van der Waals surface area contributed by atoms with Crippen molar-refractivity contribution in [2.75, 3.05) is 24.5 Å². The van der Waals surface area contributed by atoms with Gasteiger partial charge in [-0.05, 0) is 38.8 Å². The summed E-state index contributed by atoms with van der Waals surface area (Å²) in [6, 6.07) is 3.55. The van der Waals surface area contributed by atoms with Crippen LogP contribution in [0.25, 0.3) is 0 Å². The minimum absolute atomic E-state index is 0.0444. The van der Waals surface area contributed by atoms with Crippen molar-refractivity contribution in [3.8, 4) is 0 Å². The molecule has 0 spiro atoms. The number of aromatic nitrogens is 1. The van der Waals surface area contributed by atoms with Crippen molar-refractivity contribution < 1.29 is 9.59 Å². The Hall–Kier alpha value is -2.37. The molecule has 3 fully saturated rings. The first-order valence-electron chi connectivity index (χ1n) is 8.41. The number of nitrogens with zero attached hydrogens (tertiary/aromatic N) is 3. The van der Waals surface area contributed by atoms with Gasteiger partial charge in [0.2, 0.25) is 5.91 Å². The molecule has 4 heterocycles. The summed E-state index contributed by atoms with van der Waals surface area (Å²) in [7, 11) is 0. The molecule has 6 nitrogen and oxygen atoms in total. The average molecular weight is 328 g/mol. The molecule has 2 bridgehead atoms. The number of hydrogen-bond acceptors (Lipinski definition) is 4. The number of allylic oxidation sites excluding steroid dienone is 1. The third-order valence-electron chi connectivity index (χ3n) is 4.84. The average Bonchev–Trinajstić information content (AvgIpc) is 2.84. The first kappa shape index (κ1) is 16.5. The summed E-state index contributed by atoms with van der Waals surface area (Å²) in [6.45, 7) is 6.02. The molecule has 0 aromatic carbocycles. The quantitative estimate of drug-likeness (QED) is 0.851. The van der Waals surface area contributed by atoms with Crippen LogP contribution in [0, 0.1) is 5.92 Å². The molecule has 3 aliphatic rings. The Labute approximate surface area is 142 Å². The van der Waals surface area contributed by atoms with E-state index < -0.39 is 5.91 Å². The molecule has 2 amide bonds. The molecule has 0 aliphatic carbocycles. The number of carbonyl (C=O) groups is 2. The number of carbonyl (C=O) groups excluding carboxylic acids is 2. The number of anilines is 1. The van der Waals surface area contributed by atoms with Gasteiger partial charge in [-0.15, -0.1) is 0 Å². The Balaban J connectivity index is 1.89. The third-order valence-corrected chi connectivity index (χ3v) is 4.84. The topological polar surface area (TPSA) is 79.5 Å². The zero-order valence-corrected chi connectivity index (χ0v) is 14.2. The highest BCUT2D eigenvalue weighted by atomic mass is 16.2. The van der Waals surface area contributed by atoms with E-state index in [1.54, 1.807) is 18.3 Å². The summed E-state index contributed by atoms with van der Waals surface area (Å²) in [5.41, 5.74) is 7.12. The number of amides is 2. The van der Waals surface area contributed by atoms with Crippen LogP contribution in [0.15, 0.2) is 30.0 Å². The van der Waals surface area contributed by atoms with Crippen LogP contribution in [0.2, 0.25) is 0 Å². The van der Waals surface area contributed by atoms with E-state index in [1.165, 1.54) is 5.57 Å². The minimum atomic E-state index is -0.484. The van der Waals surface area contributed by atoms with Gasteiger partial charge in [-0.25, -0.2) is 4.98 Å².